The molecule has 0 spiro atoms. The first kappa shape index (κ1) is 19.5. The summed E-state index contributed by atoms with van der Waals surface area (Å²) in [6, 6.07) is 12.0. The highest BCUT2D eigenvalue weighted by molar-refractivity contribution is 6.42. The van der Waals surface area contributed by atoms with Crippen molar-refractivity contribution in [2.45, 2.75) is 12.5 Å². The number of imide groups is 1. The lowest BCUT2D eigenvalue weighted by Gasteiger charge is -2.38. The highest BCUT2D eigenvalue weighted by atomic mass is 35.5. The van der Waals surface area contributed by atoms with Crippen molar-refractivity contribution in [3.8, 4) is 0 Å². The van der Waals surface area contributed by atoms with Gasteiger partial charge in [-0.2, -0.15) is 0 Å². The number of rotatable bonds is 3. The van der Waals surface area contributed by atoms with Crippen molar-refractivity contribution in [1.82, 2.24) is 4.90 Å². The molecule has 0 aromatic heterocycles. The number of hydrogen-bond donors (Lipinski definition) is 0. The number of hydrogen-bond acceptors (Lipinski definition) is 4. The maximum atomic E-state index is 13.0. The monoisotopic (exact) mass is 437 g/mol. The van der Waals surface area contributed by atoms with E-state index in [1.807, 2.05) is 12.1 Å². The van der Waals surface area contributed by atoms with E-state index < -0.39 is 6.04 Å². The molecule has 4 rings (SSSR count). The molecule has 0 unspecified atom stereocenters. The number of nitrogens with zero attached hydrogens (tertiary/aromatic N) is 3. The molecule has 2 saturated heterocycles. The SMILES string of the molecule is O=C1C[C@H](N2CCN(c3ccc(Cl)c(Cl)c3)CC2)C(=O)N1c1ccccc1Cl. The zero-order chi connectivity index (χ0) is 19.8. The molecule has 2 amide bonds. The summed E-state index contributed by atoms with van der Waals surface area (Å²) in [5.74, 6) is -0.420. The number of carbonyl (C=O) groups excluding carboxylic acids is 2. The summed E-state index contributed by atoms with van der Waals surface area (Å²) < 4.78 is 0. The van der Waals surface area contributed by atoms with Crippen LogP contribution >= 0.6 is 34.8 Å². The van der Waals surface area contributed by atoms with Gasteiger partial charge in [0.2, 0.25) is 5.91 Å². The van der Waals surface area contributed by atoms with Gasteiger partial charge in [-0.1, -0.05) is 46.9 Å². The van der Waals surface area contributed by atoms with Crippen LogP contribution in [0.25, 0.3) is 0 Å². The van der Waals surface area contributed by atoms with Crippen molar-refractivity contribution < 1.29 is 9.59 Å². The molecule has 0 N–H and O–H groups in total. The van der Waals surface area contributed by atoms with Crippen LogP contribution in [0.4, 0.5) is 11.4 Å². The molecule has 2 aromatic carbocycles. The van der Waals surface area contributed by atoms with E-state index in [4.69, 9.17) is 34.8 Å². The topological polar surface area (TPSA) is 43.9 Å². The third kappa shape index (κ3) is 3.60. The number of piperazine rings is 1. The van der Waals surface area contributed by atoms with Gasteiger partial charge in [-0.3, -0.25) is 14.5 Å². The van der Waals surface area contributed by atoms with Crippen LogP contribution in [0.2, 0.25) is 15.1 Å². The molecule has 0 aliphatic carbocycles. The lowest BCUT2D eigenvalue weighted by atomic mass is 10.1. The van der Waals surface area contributed by atoms with E-state index in [0.717, 1.165) is 18.8 Å². The van der Waals surface area contributed by atoms with Gasteiger partial charge in [-0.25, -0.2) is 4.90 Å². The zero-order valence-electron chi connectivity index (χ0n) is 14.9. The van der Waals surface area contributed by atoms with Crippen LogP contribution in [-0.4, -0.2) is 48.9 Å². The smallest absolute Gasteiger partial charge is 0.251 e. The lowest BCUT2D eigenvalue weighted by molar-refractivity contribution is -0.123. The molecular formula is C20H18Cl3N3O2. The molecule has 0 radical (unpaired) electrons. The molecule has 2 fully saturated rings. The molecule has 0 bridgehead atoms. The fourth-order valence-corrected chi connectivity index (χ4v) is 4.27. The quantitative estimate of drug-likeness (QED) is 0.677. The van der Waals surface area contributed by atoms with Gasteiger partial charge in [0, 0.05) is 31.9 Å². The Balaban J connectivity index is 1.45. The molecule has 146 valence electrons. The predicted molar refractivity (Wildman–Crippen MR) is 113 cm³/mol. The van der Waals surface area contributed by atoms with Crippen LogP contribution in [0.3, 0.4) is 0 Å². The van der Waals surface area contributed by atoms with E-state index in [0.29, 0.717) is 33.8 Å². The van der Waals surface area contributed by atoms with Crippen molar-refractivity contribution in [2.24, 2.45) is 0 Å². The molecular weight excluding hydrogens is 421 g/mol. The highest BCUT2D eigenvalue weighted by Crippen LogP contribution is 2.32. The fraction of sp³-hybridized carbons (Fsp3) is 0.300. The Kier molecular flexibility index (Phi) is 5.52. The second-order valence-electron chi connectivity index (χ2n) is 6.86. The summed E-state index contributed by atoms with van der Waals surface area (Å²) in [6.07, 6.45) is 0.177. The Morgan fingerprint density at radius 3 is 2.21 bits per heavy atom. The summed E-state index contributed by atoms with van der Waals surface area (Å²) >= 11 is 18.3. The largest absolute Gasteiger partial charge is 0.369 e. The summed E-state index contributed by atoms with van der Waals surface area (Å²) in [7, 11) is 0. The number of halogens is 3. The molecule has 2 aromatic rings. The van der Waals surface area contributed by atoms with E-state index in [1.165, 1.54) is 4.90 Å². The predicted octanol–water partition coefficient (Wildman–Crippen LogP) is 4.10. The van der Waals surface area contributed by atoms with Crippen LogP contribution in [-0.2, 0) is 9.59 Å². The molecule has 8 heteroatoms. The van der Waals surface area contributed by atoms with E-state index in [2.05, 4.69) is 9.80 Å². The van der Waals surface area contributed by atoms with Gasteiger partial charge in [0.25, 0.3) is 5.91 Å². The molecule has 2 heterocycles. The van der Waals surface area contributed by atoms with Crippen LogP contribution in [0.15, 0.2) is 42.5 Å². The molecule has 2 aliphatic rings. The molecule has 2 aliphatic heterocycles. The first-order valence-corrected chi connectivity index (χ1v) is 10.1. The maximum absolute atomic E-state index is 13.0. The lowest BCUT2D eigenvalue weighted by Crippen LogP contribution is -2.52. The minimum atomic E-state index is -0.445. The van der Waals surface area contributed by atoms with Gasteiger partial charge >= 0.3 is 0 Å². The second-order valence-corrected chi connectivity index (χ2v) is 8.08. The maximum Gasteiger partial charge on any atom is 0.251 e. The highest BCUT2D eigenvalue weighted by Gasteiger charge is 2.43. The van der Waals surface area contributed by atoms with Gasteiger partial charge in [-0.05, 0) is 30.3 Å². The summed E-state index contributed by atoms with van der Waals surface area (Å²) in [5.41, 5.74) is 1.46. The average molecular weight is 439 g/mol. The number of benzene rings is 2. The van der Waals surface area contributed by atoms with E-state index >= 15 is 0 Å². The van der Waals surface area contributed by atoms with Crippen LogP contribution < -0.4 is 9.80 Å². The van der Waals surface area contributed by atoms with Crippen molar-refractivity contribution in [2.75, 3.05) is 36.0 Å². The third-order valence-electron chi connectivity index (χ3n) is 5.24. The molecule has 5 nitrogen and oxygen atoms in total. The normalized spacial score (nSPS) is 20.9. The van der Waals surface area contributed by atoms with Crippen molar-refractivity contribution in [3.05, 3.63) is 57.5 Å². The average Bonchev–Trinajstić information content (AvgIpc) is 2.99. The van der Waals surface area contributed by atoms with Crippen molar-refractivity contribution in [1.29, 1.82) is 0 Å². The zero-order valence-corrected chi connectivity index (χ0v) is 17.2. The Morgan fingerprint density at radius 1 is 0.821 bits per heavy atom. The molecule has 0 saturated carbocycles. The number of anilines is 2. The summed E-state index contributed by atoms with van der Waals surface area (Å²) in [4.78, 5) is 31.0. The van der Waals surface area contributed by atoms with E-state index in [-0.39, 0.29) is 18.2 Å². The summed E-state index contributed by atoms with van der Waals surface area (Å²) in [6.45, 7) is 2.84. The Morgan fingerprint density at radius 2 is 1.54 bits per heavy atom. The standard InChI is InChI=1S/C20H18Cl3N3O2/c21-14-6-5-13(11-16(14)23)24-7-9-25(10-8-24)18-12-19(27)26(20(18)28)17-4-2-1-3-15(17)22/h1-6,11,18H,7-10,12H2/t18-/m0/s1. The number of carbonyl (C=O) groups is 2. The Labute approximate surface area is 178 Å². The first-order chi connectivity index (χ1) is 13.5. The third-order valence-corrected chi connectivity index (χ3v) is 6.30. The minimum absolute atomic E-state index is 0.177. The van der Waals surface area contributed by atoms with Gasteiger partial charge in [0.1, 0.15) is 0 Å². The fourth-order valence-electron chi connectivity index (χ4n) is 3.76. The number of para-hydroxylation sites is 1. The van der Waals surface area contributed by atoms with Crippen LogP contribution in [0.1, 0.15) is 6.42 Å². The van der Waals surface area contributed by atoms with Gasteiger partial charge in [0.15, 0.2) is 0 Å². The number of amides is 2. The van der Waals surface area contributed by atoms with Gasteiger partial charge < -0.3 is 4.90 Å². The van der Waals surface area contributed by atoms with Gasteiger partial charge in [-0.15, -0.1) is 0 Å². The van der Waals surface area contributed by atoms with Crippen molar-refractivity contribution >= 4 is 58.0 Å². The molecule has 28 heavy (non-hydrogen) atoms. The second kappa shape index (κ2) is 7.91. The van der Waals surface area contributed by atoms with E-state index in [1.54, 1.807) is 30.3 Å². The van der Waals surface area contributed by atoms with Crippen molar-refractivity contribution in [3.63, 3.8) is 0 Å². The van der Waals surface area contributed by atoms with E-state index in [9.17, 15) is 9.59 Å². The molecule has 1 atom stereocenters. The Hall–Kier alpha value is -1.79. The first-order valence-electron chi connectivity index (χ1n) is 9.01. The van der Waals surface area contributed by atoms with Crippen LogP contribution in [0, 0.1) is 0 Å². The Bertz CT molecular complexity index is 929. The van der Waals surface area contributed by atoms with Crippen LogP contribution in [0.5, 0.6) is 0 Å². The minimum Gasteiger partial charge on any atom is -0.369 e. The van der Waals surface area contributed by atoms with Gasteiger partial charge in [0.05, 0.1) is 33.2 Å². The summed E-state index contributed by atoms with van der Waals surface area (Å²) in [5, 5.41) is 1.45.